The Kier molecular flexibility index (Phi) is 2.98. The number of nitrogens with zero attached hydrogens (tertiary/aromatic N) is 1. The molecule has 0 unspecified atom stereocenters. The molecule has 0 atom stereocenters. The van der Waals surface area contributed by atoms with Gasteiger partial charge < -0.3 is 19.1 Å². The number of aromatic nitrogens is 1. The first-order valence-corrected chi connectivity index (χ1v) is 5.93. The first kappa shape index (κ1) is 12.7. The number of carboxylic acid groups (broad SMARTS) is 1. The summed E-state index contributed by atoms with van der Waals surface area (Å²) in [5, 5.41) is 12.0. The van der Waals surface area contributed by atoms with Crippen LogP contribution >= 0.6 is 11.6 Å². The van der Waals surface area contributed by atoms with Crippen molar-refractivity contribution >= 4 is 17.6 Å². The second kappa shape index (κ2) is 4.68. The zero-order valence-corrected chi connectivity index (χ0v) is 10.6. The minimum atomic E-state index is -1.28. The second-order valence-corrected chi connectivity index (χ2v) is 4.36. The monoisotopic (exact) mass is 299 g/mol. The topological polar surface area (TPSA) is 81.8 Å². The first-order chi connectivity index (χ1) is 9.58. The molecule has 0 amide bonds. The molecule has 1 aromatic heterocycles. The molecule has 6 nitrogen and oxygen atoms in total. The fraction of sp³-hybridized carbons (Fsp3) is 0.167. The van der Waals surface area contributed by atoms with Gasteiger partial charge in [-0.25, -0.2) is 9.18 Å². The van der Waals surface area contributed by atoms with E-state index in [0.717, 1.165) is 6.07 Å². The fourth-order valence-corrected chi connectivity index (χ4v) is 2.04. The van der Waals surface area contributed by atoms with Gasteiger partial charge in [-0.05, 0) is 0 Å². The average molecular weight is 300 g/mol. The van der Waals surface area contributed by atoms with E-state index in [1.54, 1.807) is 0 Å². The smallest absolute Gasteiger partial charge is 0.358 e. The maximum Gasteiger partial charge on any atom is 0.358 e. The lowest BCUT2D eigenvalue weighted by Gasteiger charge is -2.21. The Labute approximate surface area is 116 Å². The van der Waals surface area contributed by atoms with E-state index >= 15 is 0 Å². The molecule has 0 fully saturated rings. The van der Waals surface area contributed by atoms with Crippen LogP contribution in [0.4, 0.5) is 4.39 Å². The van der Waals surface area contributed by atoms with Gasteiger partial charge in [0.15, 0.2) is 28.8 Å². The average Bonchev–Trinajstić information content (AvgIpc) is 2.90. The summed E-state index contributed by atoms with van der Waals surface area (Å²) in [6.45, 7) is 0.548. The Bertz CT molecular complexity index is 699. The summed E-state index contributed by atoms with van der Waals surface area (Å²) >= 11 is 5.78. The number of halogens is 2. The summed E-state index contributed by atoms with van der Waals surface area (Å²) in [5.41, 5.74) is -0.447. The van der Waals surface area contributed by atoms with Crippen LogP contribution in [0.5, 0.6) is 11.5 Å². The highest BCUT2D eigenvalue weighted by atomic mass is 35.5. The van der Waals surface area contributed by atoms with Gasteiger partial charge >= 0.3 is 5.97 Å². The van der Waals surface area contributed by atoms with Gasteiger partial charge in [0.2, 0.25) is 0 Å². The Hall–Kier alpha value is -2.28. The standard InChI is InChI=1S/C12H7ClFNO5/c13-5-3-8-11(19-2-1-18-8)9(10(5)14)7-4-6(12(16)17)15-20-7/h3-4H,1-2H2,(H,16,17). The van der Waals surface area contributed by atoms with E-state index in [4.69, 9.17) is 30.7 Å². The van der Waals surface area contributed by atoms with Crippen molar-refractivity contribution in [1.82, 2.24) is 5.16 Å². The van der Waals surface area contributed by atoms with E-state index < -0.39 is 11.8 Å². The Morgan fingerprint density at radius 3 is 2.80 bits per heavy atom. The molecule has 1 aliphatic rings. The molecule has 1 aromatic carbocycles. The van der Waals surface area contributed by atoms with E-state index in [1.807, 2.05) is 0 Å². The van der Waals surface area contributed by atoms with Crippen LogP contribution in [0.25, 0.3) is 11.3 Å². The molecule has 0 bridgehead atoms. The van der Waals surface area contributed by atoms with Gasteiger partial charge in [0.05, 0.1) is 5.02 Å². The maximum absolute atomic E-state index is 14.2. The maximum atomic E-state index is 14.2. The minimum Gasteiger partial charge on any atom is -0.486 e. The molecule has 1 N–H and O–H groups in total. The predicted octanol–water partition coefficient (Wildman–Crippen LogP) is 2.60. The third kappa shape index (κ3) is 1.96. The Morgan fingerprint density at radius 2 is 2.10 bits per heavy atom. The van der Waals surface area contributed by atoms with Crippen molar-refractivity contribution in [2.24, 2.45) is 0 Å². The summed E-state index contributed by atoms with van der Waals surface area (Å²) in [6, 6.07) is 2.39. The molecule has 0 radical (unpaired) electrons. The van der Waals surface area contributed by atoms with E-state index in [2.05, 4.69) is 5.16 Å². The first-order valence-electron chi connectivity index (χ1n) is 5.56. The van der Waals surface area contributed by atoms with E-state index in [1.165, 1.54) is 6.07 Å². The fourth-order valence-electron chi connectivity index (χ4n) is 1.85. The second-order valence-electron chi connectivity index (χ2n) is 3.95. The molecule has 0 aliphatic carbocycles. The molecule has 104 valence electrons. The van der Waals surface area contributed by atoms with Crippen molar-refractivity contribution in [2.45, 2.75) is 0 Å². The van der Waals surface area contributed by atoms with Gasteiger partial charge in [0.1, 0.15) is 18.8 Å². The molecule has 20 heavy (non-hydrogen) atoms. The van der Waals surface area contributed by atoms with Crippen molar-refractivity contribution < 1.29 is 28.3 Å². The molecule has 1 aliphatic heterocycles. The largest absolute Gasteiger partial charge is 0.486 e. The number of ether oxygens (including phenoxy) is 2. The van der Waals surface area contributed by atoms with Gasteiger partial charge in [0.25, 0.3) is 0 Å². The van der Waals surface area contributed by atoms with Gasteiger partial charge in [-0.15, -0.1) is 0 Å². The molecule has 0 saturated carbocycles. The lowest BCUT2D eigenvalue weighted by molar-refractivity contribution is 0.0686. The highest BCUT2D eigenvalue weighted by Crippen LogP contribution is 2.44. The molecule has 2 heterocycles. The van der Waals surface area contributed by atoms with Crippen LogP contribution < -0.4 is 9.47 Å². The molecule has 0 spiro atoms. The number of carbonyl (C=O) groups is 1. The number of hydrogen-bond donors (Lipinski definition) is 1. The van der Waals surface area contributed by atoms with Crippen molar-refractivity contribution in [3.05, 3.63) is 28.7 Å². The van der Waals surface area contributed by atoms with Gasteiger partial charge in [-0.2, -0.15) is 0 Å². The van der Waals surface area contributed by atoms with Gasteiger partial charge in [-0.3, -0.25) is 0 Å². The number of carboxylic acids is 1. The van der Waals surface area contributed by atoms with Gasteiger partial charge in [0, 0.05) is 12.1 Å². The molecule has 3 rings (SSSR count). The summed E-state index contributed by atoms with van der Waals surface area (Å²) in [5.74, 6) is -1.78. The third-order valence-electron chi connectivity index (χ3n) is 2.70. The predicted molar refractivity (Wildman–Crippen MR) is 64.9 cm³/mol. The van der Waals surface area contributed by atoms with Crippen LogP contribution in [0.3, 0.4) is 0 Å². The number of hydrogen-bond acceptors (Lipinski definition) is 5. The van der Waals surface area contributed by atoms with Crippen LogP contribution in [-0.2, 0) is 0 Å². The molecule has 0 saturated heterocycles. The number of aromatic carboxylic acids is 1. The highest BCUT2D eigenvalue weighted by Gasteiger charge is 2.27. The van der Waals surface area contributed by atoms with Crippen molar-refractivity contribution in [2.75, 3.05) is 13.2 Å². The zero-order valence-electron chi connectivity index (χ0n) is 9.85. The summed E-state index contributed by atoms with van der Waals surface area (Å²) in [6.07, 6.45) is 0. The molecular formula is C12H7ClFNO5. The van der Waals surface area contributed by atoms with Gasteiger partial charge in [-0.1, -0.05) is 16.8 Å². The number of rotatable bonds is 2. The van der Waals surface area contributed by atoms with Crippen molar-refractivity contribution in [1.29, 1.82) is 0 Å². The quantitative estimate of drug-likeness (QED) is 0.918. The Morgan fingerprint density at radius 1 is 1.35 bits per heavy atom. The Balaban J connectivity index is 2.20. The van der Waals surface area contributed by atoms with Crippen LogP contribution in [0.15, 0.2) is 16.7 Å². The number of benzene rings is 1. The lowest BCUT2D eigenvalue weighted by atomic mass is 10.1. The van der Waals surface area contributed by atoms with Crippen LogP contribution in [0.2, 0.25) is 5.02 Å². The van der Waals surface area contributed by atoms with E-state index in [-0.39, 0.29) is 40.1 Å². The minimum absolute atomic E-state index is 0.0934. The summed E-state index contributed by atoms with van der Waals surface area (Å²) < 4.78 is 29.7. The van der Waals surface area contributed by atoms with Crippen LogP contribution in [0.1, 0.15) is 10.5 Å². The summed E-state index contributed by atoms with van der Waals surface area (Å²) in [7, 11) is 0. The molecule has 2 aromatic rings. The highest BCUT2D eigenvalue weighted by molar-refractivity contribution is 6.31. The van der Waals surface area contributed by atoms with Crippen LogP contribution in [0, 0.1) is 5.82 Å². The number of fused-ring (bicyclic) bond motifs is 1. The van der Waals surface area contributed by atoms with E-state index in [0.29, 0.717) is 6.61 Å². The summed E-state index contributed by atoms with van der Waals surface area (Å²) in [4.78, 5) is 10.8. The molecule has 8 heteroatoms. The third-order valence-corrected chi connectivity index (χ3v) is 2.98. The van der Waals surface area contributed by atoms with Crippen molar-refractivity contribution in [3.63, 3.8) is 0 Å². The normalized spacial score (nSPS) is 13.3. The van der Waals surface area contributed by atoms with E-state index in [9.17, 15) is 9.18 Å². The zero-order chi connectivity index (χ0) is 14.3. The van der Waals surface area contributed by atoms with Crippen LogP contribution in [-0.4, -0.2) is 29.4 Å². The van der Waals surface area contributed by atoms with Crippen molar-refractivity contribution in [3.8, 4) is 22.8 Å². The SMILES string of the molecule is O=C(O)c1cc(-c2c(F)c(Cl)cc3c2OCCO3)on1. The lowest BCUT2D eigenvalue weighted by Crippen LogP contribution is -2.16. The molecular weight excluding hydrogens is 293 g/mol.